The van der Waals surface area contributed by atoms with E-state index in [1.54, 1.807) is 6.92 Å². The highest BCUT2D eigenvalue weighted by molar-refractivity contribution is 7.89. The van der Waals surface area contributed by atoms with Gasteiger partial charge in [0, 0.05) is 18.8 Å². The van der Waals surface area contributed by atoms with E-state index in [0.29, 0.717) is 12.2 Å². The van der Waals surface area contributed by atoms with Crippen molar-refractivity contribution in [2.75, 3.05) is 6.61 Å². The van der Waals surface area contributed by atoms with Crippen molar-refractivity contribution in [3.63, 3.8) is 0 Å². The van der Waals surface area contributed by atoms with Crippen LogP contribution in [-0.4, -0.2) is 35.7 Å². The van der Waals surface area contributed by atoms with Crippen LogP contribution in [0.4, 0.5) is 0 Å². The van der Waals surface area contributed by atoms with Crippen LogP contribution in [0.25, 0.3) is 0 Å². The van der Waals surface area contributed by atoms with Crippen molar-refractivity contribution in [3.8, 4) is 0 Å². The lowest BCUT2D eigenvalue weighted by atomic mass is 10.3. The summed E-state index contributed by atoms with van der Waals surface area (Å²) in [6, 6.07) is -0.466. The molecule has 0 aromatic carbocycles. The van der Waals surface area contributed by atoms with Gasteiger partial charge >= 0.3 is 0 Å². The number of aliphatic hydroxyl groups excluding tert-OH is 1. The van der Waals surface area contributed by atoms with Crippen LogP contribution in [0, 0.1) is 6.92 Å². The second-order valence-corrected chi connectivity index (χ2v) is 5.89. The van der Waals surface area contributed by atoms with Gasteiger partial charge < -0.3 is 9.67 Å². The van der Waals surface area contributed by atoms with Gasteiger partial charge in [0.2, 0.25) is 0 Å². The Labute approximate surface area is 108 Å². The summed E-state index contributed by atoms with van der Waals surface area (Å²) in [5.74, 6) is 0.675. The minimum absolute atomic E-state index is 0.0142. The molecule has 0 aliphatic heterocycles. The first-order valence-electron chi connectivity index (χ1n) is 6.11. The van der Waals surface area contributed by atoms with Crippen molar-refractivity contribution >= 4 is 10.0 Å². The summed E-state index contributed by atoms with van der Waals surface area (Å²) >= 11 is 0. The highest BCUT2D eigenvalue weighted by Gasteiger charge is 2.22. The molecule has 0 bridgehead atoms. The Kier molecular flexibility index (Phi) is 5.30. The van der Waals surface area contributed by atoms with E-state index in [1.165, 1.54) is 6.20 Å². The molecular weight excluding hydrogens is 254 g/mol. The Morgan fingerprint density at radius 3 is 2.67 bits per heavy atom. The molecule has 0 amide bonds. The maximum atomic E-state index is 12.0. The molecule has 2 N–H and O–H groups in total. The third-order valence-corrected chi connectivity index (χ3v) is 4.12. The SMILES string of the molecule is CCCn1cc(S(=O)(=O)N[C@H](CC)CO)nc1C. The van der Waals surface area contributed by atoms with Crippen molar-refractivity contribution in [2.24, 2.45) is 0 Å². The molecule has 1 aromatic rings. The normalized spacial score (nSPS) is 13.8. The van der Waals surface area contributed by atoms with E-state index in [1.807, 2.05) is 18.4 Å². The summed E-state index contributed by atoms with van der Waals surface area (Å²) in [4.78, 5) is 4.05. The summed E-state index contributed by atoms with van der Waals surface area (Å²) in [5, 5.41) is 9.04. The standard InChI is InChI=1S/C11H21N3O3S/c1-4-6-14-7-11(12-9(14)3)18(16,17)13-10(5-2)8-15/h7,10,13,15H,4-6,8H2,1-3H3/t10-/m1/s1. The molecule has 1 heterocycles. The van der Waals surface area contributed by atoms with E-state index in [-0.39, 0.29) is 11.6 Å². The first-order valence-corrected chi connectivity index (χ1v) is 7.59. The molecule has 0 aliphatic carbocycles. The van der Waals surface area contributed by atoms with Gasteiger partial charge in [0.05, 0.1) is 6.61 Å². The van der Waals surface area contributed by atoms with Gasteiger partial charge in [0.1, 0.15) is 5.82 Å². The first kappa shape index (κ1) is 15.1. The van der Waals surface area contributed by atoms with Crippen LogP contribution in [0.1, 0.15) is 32.5 Å². The van der Waals surface area contributed by atoms with Gasteiger partial charge in [0.25, 0.3) is 10.0 Å². The molecule has 7 heteroatoms. The number of aryl methyl sites for hydroxylation is 2. The predicted octanol–water partition coefficient (Wildman–Crippen LogP) is 0.651. The second-order valence-electron chi connectivity index (χ2n) is 4.23. The van der Waals surface area contributed by atoms with Crippen LogP contribution in [0.15, 0.2) is 11.2 Å². The topological polar surface area (TPSA) is 84.2 Å². The van der Waals surface area contributed by atoms with Crippen LogP contribution >= 0.6 is 0 Å². The number of hydrogen-bond donors (Lipinski definition) is 2. The monoisotopic (exact) mass is 275 g/mol. The number of imidazole rings is 1. The van der Waals surface area contributed by atoms with Crippen molar-refractivity contribution in [3.05, 3.63) is 12.0 Å². The third kappa shape index (κ3) is 3.54. The van der Waals surface area contributed by atoms with E-state index in [9.17, 15) is 8.42 Å². The average molecular weight is 275 g/mol. The zero-order valence-electron chi connectivity index (χ0n) is 11.0. The number of nitrogens with one attached hydrogen (secondary N) is 1. The fourth-order valence-electron chi connectivity index (χ4n) is 1.61. The maximum absolute atomic E-state index is 12.0. The quantitative estimate of drug-likeness (QED) is 0.765. The zero-order valence-corrected chi connectivity index (χ0v) is 11.9. The molecule has 1 rings (SSSR count). The molecule has 0 fully saturated rings. The van der Waals surface area contributed by atoms with Gasteiger partial charge in [-0.2, -0.15) is 0 Å². The minimum atomic E-state index is -3.65. The van der Waals surface area contributed by atoms with Crippen LogP contribution in [-0.2, 0) is 16.6 Å². The maximum Gasteiger partial charge on any atom is 0.259 e. The van der Waals surface area contributed by atoms with E-state index < -0.39 is 16.1 Å². The van der Waals surface area contributed by atoms with Gasteiger partial charge in [-0.3, -0.25) is 0 Å². The molecule has 18 heavy (non-hydrogen) atoms. The van der Waals surface area contributed by atoms with Gasteiger partial charge in [-0.05, 0) is 19.8 Å². The smallest absolute Gasteiger partial charge is 0.259 e. The zero-order chi connectivity index (χ0) is 13.8. The van der Waals surface area contributed by atoms with Gasteiger partial charge in [-0.1, -0.05) is 13.8 Å². The number of nitrogens with zero attached hydrogens (tertiary/aromatic N) is 2. The van der Waals surface area contributed by atoms with E-state index in [2.05, 4.69) is 9.71 Å². The Bertz CT molecular complexity index is 478. The Hall–Kier alpha value is -0.920. The van der Waals surface area contributed by atoms with E-state index in [0.717, 1.165) is 13.0 Å². The second kappa shape index (κ2) is 6.31. The molecule has 0 saturated heterocycles. The van der Waals surface area contributed by atoms with Crippen molar-refractivity contribution in [2.45, 2.75) is 51.2 Å². The number of rotatable bonds is 7. The summed E-state index contributed by atoms with van der Waals surface area (Å²) in [7, 11) is -3.65. The Morgan fingerprint density at radius 2 is 2.17 bits per heavy atom. The summed E-state index contributed by atoms with van der Waals surface area (Å²) in [6.07, 6.45) is 2.98. The average Bonchev–Trinajstić information content (AvgIpc) is 2.69. The molecule has 0 aliphatic rings. The van der Waals surface area contributed by atoms with Gasteiger partial charge in [-0.15, -0.1) is 0 Å². The Balaban J connectivity index is 2.94. The third-order valence-electron chi connectivity index (χ3n) is 2.73. The fraction of sp³-hybridized carbons (Fsp3) is 0.727. The molecule has 0 saturated carbocycles. The largest absolute Gasteiger partial charge is 0.395 e. The molecule has 1 aromatic heterocycles. The summed E-state index contributed by atoms with van der Waals surface area (Å²) in [6.45, 7) is 6.13. The van der Waals surface area contributed by atoms with Crippen LogP contribution in [0.2, 0.25) is 0 Å². The number of sulfonamides is 1. The summed E-state index contributed by atoms with van der Waals surface area (Å²) in [5.41, 5.74) is 0. The summed E-state index contributed by atoms with van der Waals surface area (Å²) < 4.78 is 28.3. The molecule has 6 nitrogen and oxygen atoms in total. The van der Waals surface area contributed by atoms with Crippen LogP contribution in [0.5, 0.6) is 0 Å². The molecular formula is C11H21N3O3S. The number of aromatic nitrogens is 2. The molecule has 0 spiro atoms. The van der Waals surface area contributed by atoms with E-state index >= 15 is 0 Å². The van der Waals surface area contributed by atoms with E-state index in [4.69, 9.17) is 5.11 Å². The Morgan fingerprint density at radius 1 is 1.50 bits per heavy atom. The van der Waals surface area contributed by atoms with Gasteiger partial charge in [-0.25, -0.2) is 18.1 Å². The van der Waals surface area contributed by atoms with Crippen molar-refractivity contribution in [1.29, 1.82) is 0 Å². The first-order chi connectivity index (χ1) is 8.44. The minimum Gasteiger partial charge on any atom is -0.395 e. The highest BCUT2D eigenvalue weighted by Crippen LogP contribution is 2.10. The number of hydrogen-bond acceptors (Lipinski definition) is 4. The number of aliphatic hydroxyl groups is 1. The van der Waals surface area contributed by atoms with Crippen LogP contribution in [0.3, 0.4) is 0 Å². The van der Waals surface area contributed by atoms with Crippen molar-refractivity contribution in [1.82, 2.24) is 14.3 Å². The molecule has 0 radical (unpaired) electrons. The van der Waals surface area contributed by atoms with Crippen molar-refractivity contribution < 1.29 is 13.5 Å². The fourth-order valence-corrected chi connectivity index (χ4v) is 2.92. The lowest BCUT2D eigenvalue weighted by molar-refractivity contribution is 0.253. The lowest BCUT2D eigenvalue weighted by Gasteiger charge is -2.12. The molecule has 1 atom stereocenters. The highest BCUT2D eigenvalue weighted by atomic mass is 32.2. The lowest BCUT2D eigenvalue weighted by Crippen LogP contribution is -2.37. The molecule has 0 unspecified atom stereocenters. The van der Waals surface area contributed by atoms with Gasteiger partial charge in [0.15, 0.2) is 5.03 Å². The predicted molar refractivity (Wildman–Crippen MR) is 68.7 cm³/mol. The molecule has 104 valence electrons. The van der Waals surface area contributed by atoms with Crippen LogP contribution < -0.4 is 4.72 Å².